The maximum Gasteiger partial charge on any atom is 0.289 e. The van der Waals surface area contributed by atoms with E-state index < -0.39 is 0 Å². The first-order valence-corrected chi connectivity index (χ1v) is 10.5. The van der Waals surface area contributed by atoms with E-state index in [-0.39, 0.29) is 5.91 Å². The Morgan fingerprint density at radius 3 is 2.84 bits per heavy atom. The molecule has 0 spiro atoms. The molecule has 9 heteroatoms. The molecule has 0 radical (unpaired) electrons. The van der Waals surface area contributed by atoms with Crippen molar-refractivity contribution in [3.63, 3.8) is 0 Å². The lowest BCUT2D eigenvalue weighted by atomic mass is 9.92. The Labute approximate surface area is 180 Å². The zero-order chi connectivity index (χ0) is 21.2. The van der Waals surface area contributed by atoms with Crippen LogP contribution in [0.15, 0.2) is 59.6 Å². The van der Waals surface area contributed by atoms with Crippen LogP contribution in [0, 0.1) is 0 Å². The fourth-order valence-corrected chi connectivity index (χ4v) is 4.06. The molecule has 0 aliphatic carbocycles. The number of nitrogens with one attached hydrogen (secondary N) is 1. The Kier molecular flexibility index (Phi) is 5.15. The summed E-state index contributed by atoms with van der Waals surface area (Å²) in [5, 5.41) is 7.98. The van der Waals surface area contributed by atoms with Crippen LogP contribution >= 0.6 is 0 Å². The van der Waals surface area contributed by atoms with Gasteiger partial charge >= 0.3 is 0 Å². The first kappa shape index (κ1) is 19.4. The van der Waals surface area contributed by atoms with E-state index in [1.807, 2.05) is 41.8 Å². The van der Waals surface area contributed by atoms with E-state index in [4.69, 9.17) is 9.40 Å². The molecule has 0 unspecified atom stereocenters. The predicted octanol–water partition coefficient (Wildman–Crippen LogP) is 1.61. The van der Waals surface area contributed by atoms with Crippen molar-refractivity contribution in [1.29, 1.82) is 0 Å². The largest absolute Gasteiger partial charge is 0.459 e. The minimum absolute atomic E-state index is 0.0441. The number of hydrogen-bond acceptors (Lipinski definition) is 6. The van der Waals surface area contributed by atoms with Gasteiger partial charge < -0.3 is 14.6 Å². The van der Waals surface area contributed by atoms with Crippen LogP contribution in [-0.4, -0.2) is 51.3 Å². The van der Waals surface area contributed by atoms with Gasteiger partial charge in [0.25, 0.3) is 5.91 Å². The van der Waals surface area contributed by atoms with E-state index in [1.54, 1.807) is 18.3 Å². The number of hydrogen-bond donors (Lipinski definition) is 1. The van der Waals surface area contributed by atoms with E-state index in [1.165, 1.54) is 6.26 Å². The zero-order valence-corrected chi connectivity index (χ0v) is 17.4. The number of amides is 1. The highest BCUT2D eigenvalue weighted by molar-refractivity contribution is 6.36. The predicted molar refractivity (Wildman–Crippen MR) is 119 cm³/mol. The highest BCUT2D eigenvalue weighted by Gasteiger charge is 2.27. The van der Waals surface area contributed by atoms with Gasteiger partial charge in [-0.2, -0.15) is 9.61 Å². The van der Waals surface area contributed by atoms with E-state index in [0.29, 0.717) is 31.3 Å². The number of carbonyl (C=O) groups is 1. The molecule has 156 valence electrons. The molecule has 4 aromatic heterocycles. The van der Waals surface area contributed by atoms with E-state index in [2.05, 4.69) is 21.5 Å². The highest BCUT2D eigenvalue weighted by Crippen LogP contribution is 2.29. The van der Waals surface area contributed by atoms with Crippen LogP contribution in [0.5, 0.6) is 0 Å². The van der Waals surface area contributed by atoms with Crippen LogP contribution in [0.2, 0.25) is 0 Å². The lowest BCUT2D eigenvalue weighted by molar-refractivity contribution is 0.0680. The number of rotatable bonds is 5. The average Bonchev–Trinajstić information content (AvgIpc) is 3.48. The van der Waals surface area contributed by atoms with Gasteiger partial charge in [0.15, 0.2) is 11.4 Å². The molecular formula is C22H23BN6O2. The highest BCUT2D eigenvalue weighted by atomic mass is 16.3. The van der Waals surface area contributed by atoms with Crippen molar-refractivity contribution in [2.24, 2.45) is 0 Å². The molecule has 0 bridgehead atoms. The molecule has 5 heterocycles. The number of furan rings is 1. The molecular weight excluding hydrogens is 391 g/mol. The van der Waals surface area contributed by atoms with Gasteiger partial charge in [-0.15, -0.1) is 0 Å². The van der Waals surface area contributed by atoms with Crippen LogP contribution in [-0.2, 0) is 6.54 Å². The molecule has 1 fully saturated rings. The van der Waals surface area contributed by atoms with Gasteiger partial charge in [-0.05, 0) is 42.1 Å². The molecule has 0 aromatic carbocycles. The molecule has 31 heavy (non-hydrogen) atoms. The number of piperidine rings is 1. The smallest absolute Gasteiger partial charge is 0.289 e. The van der Waals surface area contributed by atoms with Crippen molar-refractivity contribution in [2.75, 3.05) is 18.4 Å². The third-order valence-electron chi connectivity index (χ3n) is 5.80. The van der Waals surface area contributed by atoms with Crippen LogP contribution in [0.4, 0.5) is 5.82 Å². The number of nitrogens with zero attached hydrogens (tertiary/aromatic N) is 5. The summed E-state index contributed by atoms with van der Waals surface area (Å²) < 4.78 is 7.12. The standard InChI is InChI=1S/C22H23BN6O2/c23-17-14-26-29-20(25-13-15-3-1-7-24-12-15)11-18(27-21(17)29)16-5-8-28(9-6-16)22(30)19-4-2-10-31-19/h1-4,7,10-12,14,16,25H,5-6,8-9,13,23H2. The number of anilines is 1. The Morgan fingerprint density at radius 2 is 2.10 bits per heavy atom. The molecule has 5 rings (SSSR count). The fourth-order valence-electron chi connectivity index (χ4n) is 4.06. The van der Waals surface area contributed by atoms with Crippen molar-refractivity contribution in [2.45, 2.75) is 25.3 Å². The third-order valence-corrected chi connectivity index (χ3v) is 5.80. The van der Waals surface area contributed by atoms with Crippen molar-refractivity contribution < 1.29 is 9.21 Å². The van der Waals surface area contributed by atoms with Gasteiger partial charge in [-0.25, -0.2) is 4.98 Å². The number of carbonyl (C=O) groups excluding carboxylic acids is 1. The normalized spacial score (nSPS) is 14.8. The van der Waals surface area contributed by atoms with E-state index in [0.717, 1.165) is 41.0 Å². The number of likely N-dealkylation sites (tertiary alicyclic amines) is 1. The second-order valence-electron chi connectivity index (χ2n) is 7.89. The number of pyridine rings is 1. The van der Waals surface area contributed by atoms with Crippen LogP contribution < -0.4 is 10.8 Å². The van der Waals surface area contributed by atoms with Gasteiger partial charge in [-0.1, -0.05) is 6.07 Å². The number of aromatic nitrogens is 4. The molecule has 4 aromatic rings. The van der Waals surface area contributed by atoms with Gasteiger partial charge in [0.05, 0.1) is 6.26 Å². The SMILES string of the molecule is Bc1cnn2c(NCc3cccnc3)cc(C3CCN(C(=O)c4ccco4)CC3)nc12. The van der Waals surface area contributed by atoms with E-state index in [9.17, 15) is 4.79 Å². The number of fused-ring (bicyclic) bond motifs is 1. The lowest BCUT2D eigenvalue weighted by Gasteiger charge is -2.31. The molecule has 0 saturated carbocycles. The van der Waals surface area contributed by atoms with Crippen LogP contribution in [0.1, 0.15) is 40.6 Å². The Bertz CT molecular complexity index is 1180. The Morgan fingerprint density at radius 1 is 1.23 bits per heavy atom. The lowest BCUT2D eigenvalue weighted by Crippen LogP contribution is -2.38. The van der Waals surface area contributed by atoms with Crippen molar-refractivity contribution in [1.82, 2.24) is 24.5 Å². The summed E-state index contributed by atoms with van der Waals surface area (Å²) in [6, 6.07) is 9.52. The first-order chi connectivity index (χ1) is 15.2. The molecule has 1 aliphatic rings. The maximum atomic E-state index is 12.6. The van der Waals surface area contributed by atoms with Crippen molar-refractivity contribution in [3.8, 4) is 0 Å². The fraction of sp³-hybridized carbons (Fsp3) is 0.273. The van der Waals surface area contributed by atoms with Crippen molar-refractivity contribution in [3.05, 3.63) is 72.2 Å². The molecule has 1 aliphatic heterocycles. The summed E-state index contributed by atoms with van der Waals surface area (Å²) >= 11 is 0. The summed E-state index contributed by atoms with van der Waals surface area (Å²) in [5.41, 5.74) is 4.04. The second kappa shape index (κ2) is 8.25. The summed E-state index contributed by atoms with van der Waals surface area (Å²) in [7, 11) is 2.02. The molecule has 8 nitrogen and oxygen atoms in total. The molecule has 0 atom stereocenters. The topological polar surface area (TPSA) is 88.6 Å². The molecule has 1 amide bonds. The molecule has 1 saturated heterocycles. The second-order valence-corrected chi connectivity index (χ2v) is 7.89. The Hall–Kier alpha value is -3.62. The summed E-state index contributed by atoms with van der Waals surface area (Å²) in [5.74, 6) is 1.55. The van der Waals surface area contributed by atoms with E-state index >= 15 is 0 Å². The van der Waals surface area contributed by atoms with Crippen LogP contribution in [0.25, 0.3) is 5.65 Å². The summed E-state index contributed by atoms with van der Waals surface area (Å²) in [6.07, 6.45) is 8.73. The van der Waals surface area contributed by atoms with Gasteiger partial charge in [0.2, 0.25) is 0 Å². The Balaban J connectivity index is 1.35. The molecule has 1 N–H and O–H groups in total. The minimum Gasteiger partial charge on any atom is -0.459 e. The summed E-state index contributed by atoms with van der Waals surface area (Å²) in [4.78, 5) is 23.5. The van der Waals surface area contributed by atoms with Crippen molar-refractivity contribution >= 4 is 30.7 Å². The van der Waals surface area contributed by atoms with Crippen LogP contribution in [0.3, 0.4) is 0 Å². The maximum absolute atomic E-state index is 12.6. The third kappa shape index (κ3) is 3.91. The van der Waals surface area contributed by atoms with Gasteiger partial charge in [0.1, 0.15) is 13.7 Å². The zero-order valence-electron chi connectivity index (χ0n) is 17.4. The first-order valence-electron chi connectivity index (χ1n) is 10.5. The minimum atomic E-state index is -0.0441. The van der Waals surface area contributed by atoms with Gasteiger partial charge in [0, 0.05) is 55.9 Å². The quantitative estimate of drug-likeness (QED) is 0.500. The average molecular weight is 414 g/mol. The monoisotopic (exact) mass is 414 g/mol. The summed E-state index contributed by atoms with van der Waals surface area (Å²) in [6.45, 7) is 2.03. The van der Waals surface area contributed by atoms with Gasteiger partial charge in [-0.3, -0.25) is 9.78 Å².